The lowest BCUT2D eigenvalue weighted by Gasteiger charge is -2.36. The third-order valence-electron chi connectivity index (χ3n) is 6.19. The van der Waals surface area contributed by atoms with Crippen LogP contribution < -0.4 is 26.6 Å². The van der Waals surface area contributed by atoms with Crippen LogP contribution in [0.2, 0.25) is 0 Å². The normalized spacial score (nSPS) is 17.0. The van der Waals surface area contributed by atoms with Crippen molar-refractivity contribution in [3.8, 4) is 5.75 Å². The Morgan fingerprint density at radius 3 is 2.50 bits per heavy atom. The summed E-state index contributed by atoms with van der Waals surface area (Å²) in [6, 6.07) is -3.34. The number of aromatic nitrogens is 2. The molecule has 2 aromatic rings. The number of nitrogens with one attached hydrogen (secondary N) is 4. The number of H-pyrrole nitrogens is 1. The second-order valence-electron chi connectivity index (χ2n) is 9.85. The molecule has 4 rings (SSSR count). The summed E-state index contributed by atoms with van der Waals surface area (Å²) in [6.45, 7) is 0.924. The number of hydrazine groups is 1. The minimum absolute atomic E-state index is 0.0347. The lowest BCUT2D eigenvalue weighted by molar-refractivity contribution is -0.161. The Bertz CT molecular complexity index is 1840. The number of anilines is 1. The molecule has 24 heteroatoms. The fraction of sp³-hybridized carbons (Fsp3) is 0.318. The lowest BCUT2D eigenvalue weighted by atomic mass is 10.1. The zero-order valence-corrected chi connectivity index (χ0v) is 25.2. The van der Waals surface area contributed by atoms with Crippen molar-refractivity contribution in [3.63, 3.8) is 0 Å². The Morgan fingerprint density at radius 1 is 1.22 bits per heavy atom. The molecule has 2 aliphatic rings. The van der Waals surface area contributed by atoms with Crippen molar-refractivity contribution >= 4 is 68.1 Å². The van der Waals surface area contributed by atoms with Gasteiger partial charge in [-0.05, 0) is 13.8 Å². The van der Waals surface area contributed by atoms with Gasteiger partial charge in [0, 0.05) is 17.6 Å². The van der Waals surface area contributed by atoms with Gasteiger partial charge < -0.3 is 31.1 Å². The van der Waals surface area contributed by atoms with Gasteiger partial charge in [-0.3, -0.25) is 29.5 Å². The van der Waals surface area contributed by atoms with E-state index in [2.05, 4.69) is 25.9 Å². The number of carbonyl (C=O) groups is 6. The Balaban J connectivity index is 1.35. The molecule has 46 heavy (non-hydrogen) atoms. The third-order valence-corrected chi connectivity index (χ3v) is 8.22. The summed E-state index contributed by atoms with van der Waals surface area (Å²) in [6.07, 6.45) is 0.837. The van der Waals surface area contributed by atoms with E-state index in [4.69, 9.17) is 10.6 Å². The van der Waals surface area contributed by atoms with Crippen LogP contribution in [0.5, 0.6) is 5.75 Å². The molecule has 2 aliphatic heterocycles. The van der Waals surface area contributed by atoms with E-state index in [1.807, 2.05) is 0 Å². The third kappa shape index (κ3) is 6.80. The van der Waals surface area contributed by atoms with Crippen molar-refractivity contribution in [1.29, 1.82) is 0 Å². The van der Waals surface area contributed by atoms with Crippen LogP contribution in [-0.4, -0.2) is 116 Å². The minimum atomic E-state index is -4.90. The summed E-state index contributed by atoms with van der Waals surface area (Å²) < 4.78 is 27.3. The number of aromatic amines is 1. The van der Waals surface area contributed by atoms with Crippen molar-refractivity contribution < 1.29 is 52.2 Å². The summed E-state index contributed by atoms with van der Waals surface area (Å²) in [4.78, 5) is 97.6. The van der Waals surface area contributed by atoms with Crippen LogP contribution >= 0.6 is 11.3 Å². The van der Waals surface area contributed by atoms with E-state index in [9.17, 15) is 52.2 Å². The Hall–Kier alpha value is -5.78. The number of nitrogens with zero attached hydrogens (tertiary/aromatic N) is 5. The highest BCUT2D eigenvalue weighted by molar-refractivity contribution is 7.88. The summed E-state index contributed by atoms with van der Waals surface area (Å²) in [5.41, 5.74) is 3.93. The number of β-lactam (4-membered cyclic amide) rings is 1. The molecule has 0 radical (unpaired) electrons. The maximum Gasteiger partial charge on any atom is 0.353 e. The number of carbonyl (C=O) groups excluding carboxylic acids is 5. The first-order chi connectivity index (χ1) is 21.4. The molecule has 7 amide bonds. The van der Waals surface area contributed by atoms with Gasteiger partial charge in [0.05, 0.1) is 19.6 Å². The van der Waals surface area contributed by atoms with E-state index in [1.165, 1.54) is 5.38 Å². The van der Waals surface area contributed by atoms with Crippen molar-refractivity contribution in [2.24, 2.45) is 5.16 Å². The fourth-order valence-corrected chi connectivity index (χ4v) is 5.20. The first-order valence-electron chi connectivity index (χ1n) is 12.6. The number of carboxylic acid groups (broad SMARTS) is 1. The lowest BCUT2D eigenvalue weighted by Crippen LogP contribution is -2.68. The highest BCUT2D eigenvalue weighted by Crippen LogP contribution is 2.18. The average molecular weight is 685 g/mol. The molecule has 1 atom stereocenters. The Labute approximate surface area is 260 Å². The number of hydrogen-bond donors (Lipinski definition) is 7. The highest BCUT2D eigenvalue weighted by Gasteiger charge is 2.46. The maximum absolute atomic E-state index is 12.9. The van der Waals surface area contributed by atoms with Gasteiger partial charge in [-0.15, -0.1) is 11.3 Å². The van der Waals surface area contributed by atoms with E-state index in [0.717, 1.165) is 37.4 Å². The van der Waals surface area contributed by atoms with Crippen molar-refractivity contribution in [1.82, 2.24) is 39.6 Å². The number of aromatic hydroxyl groups is 1. The quantitative estimate of drug-likeness (QED) is 0.0749. The number of hydrogen-bond acceptors (Lipinski definition) is 15. The van der Waals surface area contributed by atoms with E-state index < -0.39 is 87.6 Å². The molecule has 0 saturated carbocycles. The van der Waals surface area contributed by atoms with Crippen LogP contribution in [0.3, 0.4) is 0 Å². The van der Waals surface area contributed by atoms with Gasteiger partial charge in [0.15, 0.2) is 16.6 Å². The average Bonchev–Trinajstić information content (AvgIpc) is 3.56. The standard InChI is InChI=1S/C22H24N10O12S2/c1-22(2,18(38)39)44-28-14(11-8-45-19(23)26-11)16(36)25-10-7-30(17(10)37)20(40)29-46(42,43)32-4-3-31(21(32)41)27-15(35)9-5-12(33)13(34)6-24-9/h5-6,8,10,34H,3-4,7H2,1-2H3,(H2,23,26)(H,24,33)(H,25,36)(H,27,35)(H,29,40)(H,38,39)/b28-14-/t10-/m0/s1. The van der Waals surface area contributed by atoms with Gasteiger partial charge in [0.25, 0.3) is 17.7 Å². The predicted octanol–water partition coefficient (Wildman–Crippen LogP) is -2.93. The number of carboxylic acids is 1. The van der Waals surface area contributed by atoms with Crippen LogP contribution in [0.15, 0.2) is 27.6 Å². The first kappa shape index (κ1) is 33.1. The molecule has 0 aromatic carbocycles. The highest BCUT2D eigenvalue weighted by atomic mass is 32.2. The SMILES string of the molecule is CC(C)(O/N=C(\C(=O)N[C@H]1CN(C(=O)NS(=O)(=O)N2CCN(NC(=O)c3cc(=O)c(O)c[nH]3)C2=O)C1=O)c1csc(N)n1)C(=O)O. The van der Waals surface area contributed by atoms with Crippen molar-refractivity contribution in [2.45, 2.75) is 25.5 Å². The summed E-state index contributed by atoms with van der Waals surface area (Å²) in [5, 5.41) is 26.3. The largest absolute Gasteiger partial charge is 0.503 e. The number of likely N-dealkylation sites (tertiary alicyclic amines) is 1. The number of nitrogens with two attached hydrogens (primary N) is 1. The molecule has 0 spiro atoms. The number of aliphatic carboxylic acids is 1. The van der Waals surface area contributed by atoms with Crippen LogP contribution in [0, 0.1) is 0 Å². The second-order valence-corrected chi connectivity index (χ2v) is 12.3. The van der Waals surface area contributed by atoms with E-state index in [-0.39, 0.29) is 27.4 Å². The van der Waals surface area contributed by atoms with Crippen LogP contribution in [0.1, 0.15) is 30.0 Å². The zero-order chi connectivity index (χ0) is 34.1. The second kappa shape index (κ2) is 12.3. The number of thiazole rings is 1. The summed E-state index contributed by atoms with van der Waals surface area (Å²) in [5.74, 6) is -5.19. The molecule has 4 heterocycles. The van der Waals surface area contributed by atoms with Gasteiger partial charge in [0.1, 0.15) is 17.4 Å². The zero-order valence-electron chi connectivity index (χ0n) is 23.5. The summed E-state index contributed by atoms with van der Waals surface area (Å²) in [7, 11) is -4.90. The topological polar surface area (TPSA) is 316 Å². The van der Waals surface area contributed by atoms with Crippen molar-refractivity contribution in [3.05, 3.63) is 39.3 Å². The van der Waals surface area contributed by atoms with Crippen molar-refractivity contribution in [2.75, 3.05) is 25.4 Å². The molecule has 2 fully saturated rings. The molecule has 246 valence electrons. The first-order valence-corrected chi connectivity index (χ1v) is 14.9. The number of urea groups is 2. The Kier molecular flexibility index (Phi) is 8.86. The molecule has 2 aromatic heterocycles. The summed E-state index contributed by atoms with van der Waals surface area (Å²) >= 11 is 0.928. The van der Waals surface area contributed by atoms with E-state index >= 15 is 0 Å². The Morgan fingerprint density at radius 2 is 1.91 bits per heavy atom. The molecule has 2 saturated heterocycles. The number of rotatable bonds is 10. The van der Waals surface area contributed by atoms with Gasteiger partial charge in [-0.2, -0.15) is 8.42 Å². The molecular weight excluding hydrogens is 660 g/mol. The van der Waals surface area contributed by atoms with Gasteiger partial charge in [-0.25, -0.2) is 33.4 Å². The van der Waals surface area contributed by atoms with Crippen LogP contribution in [0.25, 0.3) is 0 Å². The monoisotopic (exact) mass is 684 g/mol. The molecular formula is C22H24N10O12S2. The van der Waals surface area contributed by atoms with Gasteiger partial charge >= 0.3 is 28.2 Å². The minimum Gasteiger partial charge on any atom is -0.503 e. The smallest absolute Gasteiger partial charge is 0.353 e. The molecule has 0 bridgehead atoms. The molecule has 0 aliphatic carbocycles. The fourth-order valence-electron chi connectivity index (χ4n) is 3.58. The number of amides is 7. The van der Waals surface area contributed by atoms with Crippen LogP contribution in [-0.2, 0) is 29.4 Å². The number of imide groups is 1. The number of nitrogen functional groups attached to an aromatic ring is 1. The van der Waals surface area contributed by atoms with E-state index in [0.29, 0.717) is 9.91 Å². The number of pyridine rings is 1. The number of oxime groups is 1. The molecule has 0 unspecified atom stereocenters. The molecule has 8 N–H and O–H groups in total. The van der Waals surface area contributed by atoms with Crippen LogP contribution in [0.4, 0.5) is 14.7 Å². The maximum atomic E-state index is 12.9. The predicted molar refractivity (Wildman–Crippen MR) is 152 cm³/mol. The van der Waals surface area contributed by atoms with Gasteiger partial charge in [-0.1, -0.05) is 5.16 Å². The van der Waals surface area contributed by atoms with Gasteiger partial charge in [0.2, 0.25) is 11.0 Å². The van der Waals surface area contributed by atoms with E-state index in [1.54, 1.807) is 4.72 Å². The molecule has 22 nitrogen and oxygen atoms in total.